The highest BCUT2D eigenvalue weighted by atomic mass is 16.2. The average Bonchev–Trinajstić information content (AvgIpc) is 2.56. The summed E-state index contributed by atoms with van der Waals surface area (Å²) in [4.78, 5) is 17.4. The Hall–Kier alpha value is -1.42. The number of amides is 1. The van der Waals surface area contributed by atoms with Crippen LogP contribution in [-0.2, 0) is 4.79 Å². The topological polar surface area (TPSA) is 59.2 Å². The molecule has 80 valence electrons. The van der Waals surface area contributed by atoms with E-state index in [9.17, 15) is 4.79 Å². The fourth-order valence-corrected chi connectivity index (χ4v) is 2.21. The van der Waals surface area contributed by atoms with Crippen molar-refractivity contribution in [2.75, 3.05) is 13.6 Å². The molecule has 4 heteroatoms. The quantitative estimate of drug-likeness (QED) is 0.767. The van der Waals surface area contributed by atoms with Crippen molar-refractivity contribution in [1.82, 2.24) is 9.88 Å². The first-order valence-corrected chi connectivity index (χ1v) is 5.09. The molecule has 2 atom stereocenters. The normalized spacial score (nSPS) is 26.0. The molecule has 2 N–H and O–H groups in total. The predicted octanol–water partition coefficient (Wildman–Crippen LogP) is 0.560. The number of carbonyl (C=O) groups excluding carboxylic acids is 1. The van der Waals surface area contributed by atoms with E-state index in [2.05, 4.69) is 4.98 Å². The van der Waals surface area contributed by atoms with Crippen LogP contribution in [-0.4, -0.2) is 29.4 Å². The number of carbonyl (C=O) groups is 1. The number of nitrogens with two attached hydrogens (primary N) is 1. The van der Waals surface area contributed by atoms with Crippen molar-refractivity contribution >= 4 is 5.91 Å². The van der Waals surface area contributed by atoms with Gasteiger partial charge in [0.2, 0.25) is 5.91 Å². The van der Waals surface area contributed by atoms with Crippen molar-refractivity contribution in [2.24, 2.45) is 11.7 Å². The van der Waals surface area contributed by atoms with E-state index in [0.29, 0.717) is 13.0 Å². The van der Waals surface area contributed by atoms with E-state index < -0.39 is 0 Å². The first-order valence-electron chi connectivity index (χ1n) is 5.09. The average molecular weight is 205 g/mol. The maximum absolute atomic E-state index is 11.6. The van der Waals surface area contributed by atoms with Crippen LogP contribution < -0.4 is 5.73 Å². The van der Waals surface area contributed by atoms with Gasteiger partial charge in [-0.05, 0) is 18.2 Å². The van der Waals surface area contributed by atoms with Gasteiger partial charge in [-0.25, -0.2) is 0 Å². The van der Waals surface area contributed by atoms with Crippen LogP contribution in [0.5, 0.6) is 0 Å². The lowest BCUT2D eigenvalue weighted by atomic mass is 9.95. The maximum atomic E-state index is 11.6. The van der Waals surface area contributed by atoms with Crippen LogP contribution in [0.15, 0.2) is 24.5 Å². The van der Waals surface area contributed by atoms with Crippen LogP contribution in [0.25, 0.3) is 0 Å². The van der Waals surface area contributed by atoms with Gasteiger partial charge in [0.25, 0.3) is 0 Å². The zero-order valence-corrected chi connectivity index (χ0v) is 8.76. The minimum atomic E-state index is 0.0937. The summed E-state index contributed by atoms with van der Waals surface area (Å²) in [5.41, 5.74) is 6.76. The molecule has 0 spiro atoms. The van der Waals surface area contributed by atoms with Crippen molar-refractivity contribution in [1.29, 1.82) is 0 Å². The van der Waals surface area contributed by atoms with E-state index in [4.69, 9.17) is 5.73 Å². The van der Waals surface area contributed by atoms with Crippen molar-refractivity contribution < 1.29 is 4.79 Å². The molecule has 1 fully saturated rings. The monoisotopic (exact) mass is 205 g/mol. The Balaban J connectivity index is 2.30. The Bertz CT molecular complexity index is 352. The van der Waals surface area contributed by atoms with Gasteiger partial charge in [-0.3, -0.25) is 9.78 Å². The Kier molecular flexibility index (Phi) is 2.68. The van der Waals surface area contributed by atoms with Crippen LogP contribution >= 0.6 is 0 Å². The Morgan fingerprint density at radius 3 is 3.07 bits per heavy atom. The molecule has 2 unspecified atom stereocenters. The summed E-state index contributed by atoms with van der Waals surface area (Å²) in [6, 6.07) is 3.98. The van der Waals surface area contributed by atoms with Crippen molar-refractivity contribution in [3.63, 3.8) is 0 Å². The summed E-state index contributed by atoms with van der Waals surface area (Å²) >= 11 is 0. The summed E-state index contributed by atoms with van der Waals surface area (Å²) in [7, 11) is 1.83. The fourth-order valence-electron chi connectivity index (χ4n) is 2.21. The van der Waals surface area contributed by atoms with E-state index in [1.54, 1.807) is 11.1 Å². The predicted molar refractivity (Wildman–Crippen MR) is 56.9 cm³/mol. The van der Waals surface area contributed by atoms with Gasteiger partial charge >= 0.3 is 0 Å². The molecule has 0 radical (unpaired) electrons. The third-order valence-electron chi connectivity index (χ3n) is 3.02. The Morgan fingerprint density at radius 1 is 1.67 bits per heavy atom. The van der Waals surface area contributed by atoms with Crippen LogP contribution in [0.2, 0.25) is 0 Å². The fraction of sp³-hybridized carbons (Fsp3) is 0.455. The van der Waals surface area contributed by atoms with Gasteiger partial charge < -0.3 is 10.6 Å². The molecule has 1 amide bonds. The molecule has 15 heavy (non-hydrogen) atoms. The Labute approximate surface area is 89.1 Å². The lowest BCUT2D eigenvalue weighted by molar-refractivity contribution is -0.127. The number of pyridine rings is 1. The molecule has 0 saturated carbocycles. The van der Waals surface area contributed by atoms with Gasteiger partial charge in [-0.15, -0.1) is 0 Å². The van der Waals surface area contributed by atoms with Crippen molar-refractivity contribution in [3.8, 4) is 0 Å². The molecular formula is C11H15N3O. The molecule has 1 saturated heterocycles. The Morgan fingerprint density at radius 2 is 2.47 bits per heavy atom. The van der Waals surface area contributed by atoms with E-state index in [1.807, 2.05) is 25.4 Å². The van der Waals surface area contributed by atoms with Crippen LogP contribution in [0.4, 0.5) is 0 Å². The van der Waals surface area contributed by atoms with E-state index in [0.717, 1.165) is 5.56 Å². The highest BCUT2D eigenvalue weighted by Gasteiger charge is 2.37. The van der Waals surface area contributed by atoms with Crippen LogP contribution in [0.3, 0.4) is 0 Å². The highest BCUT2D eigenvalue weighted by Crippen LogP contribution is 2.35. The second-order valence-corrected chi connectivity index (χ2v) is 3.94. The molecule has 1 aliphatic rings. The highest BCUT2D eigenvalue weighted by molar-refractivity contribution is 5.79. The molecule has 1 aromatic rings. The van der Waals surface area contributed by atoms with Gasteiger partial charge in [0.05, 0.1) is 6.04 Å². The minimum Gasteiger partial charge on any atom is -0.338 e. The van der Waals surface area contributed by atoms with Gasteiger partial charge in [-0.2, -0.15) is 0 Å². The standard InChI is InChI=1S/C11H15N3O/c1-14-10(15)5-9(6-12)11(14)8-3-2-4-13-7-8/h2-4,7,9,11H,5-6,12H2,1H3. The first-order chi connectivity index (χ1) is 7.24. The molecule has 1 aliphatic heterocycles. The zero-order valence-electron chi connectivity index (χ0n) is 8.76. The van der Waals surface area contributed by atoms with E-state index >= 15 is 0 Å². The number of aromatic nitrogens is 1. The minimum absolute atomic E-state index is 0.0937. The smallest absolute Gasteiger partial charge is 0.223 e. The SMILES string of the molecule is CN1C(=O)CC(CN)C1c1cccnc1. The van der Waals surface area contributed by atoms with Gasteiger partial charge in [-0.1, -0.05) is 6.07 Å². The third kappa shape index (κ3) is 1.72. The first kappa shape index (κ1) is 10.1. The maximum Gasteiger partial charge on any atom is 0.223 e. The second kappa shape index (κ2) is 3.98. The molecule has 0 bridgehead atoms. The van der Waals surface area contributed by atoms with Gasteiger partial charge in [0.15, 0.2) is 0 Å². The van der Waals surface area contributed by atoms with Gasteiger partial charge in [0.1, 0.15) is 0 Å². The van der Waals surface area contributed by atoms with Crippen molar-refractivity contribution in [3.05, 3.63) is 30.1 Å². The summed E-state index contributed by atoms with van der Waals surface area (Å²) in [6.07, 6.45) is 4.09. The van der Waals surface area contributed by atoms with Crippen LogP contribution in [0, 0.1) is 5.92 Å². The lowest BCUT2D eigenvalue weighted by Crippen LogP contribution is -2.26. The summed E-state index contributed by atoms with van der Waals surface area (Å²) in [5.74, 6) is 0.381. The summed E-state index contributed by atoms with van der Waals surface area (Å²) in [5, 5.41) is 0. The van der Waals surface area contributed by atoms with Crippen LogP contribution in [0.1, 0.15) is 18.0 Å². The molecular weight excluding hydrogens is 190 g/mol. The van der Waals surface area contributed by atoms with E-state index in [1.165, 1.54) is 0 Å². The van der Waals surface area contributed by atoms with E-state index in [-0.39, 0.29) is 17.9 Å². The zero-order chi connectivity index (χ0) is 10.8. The summed E-state index contributed by atoms with van der Waals surface area (Å²) < 4.78 is 0. The number of hydrogen-bond acceptors (Lipinski definition) is 3. The molecule has 2 heterocycles. The number of rotatable bonds is 2. The summed E-state index contributed by atoms with van der Waals surface area (Å²) in [6.45, 7) is 0.537. The molecule has 1 aromatic heterocycles. The second-order valence-electron chi connectivity index (χ2n) is 3.94. The molecule has 2 rings (SSSR count). The van der Waals surface area contributed by atoms with Gasteiger partial charge in [0, 0.05) is 31.8 Å². The number of nitrogens with zero attached hydrogens (tertiary/aromatic N) is 2. The van der Waals surface area contributed by atoms with Crippen molar-refractivity contribution in [2.45, 2.75) is 12.5 Å². The number of likely N-dealkylation sites (tertiary alicyclic amines) is 1. The molecule has 0 aromatic carbocycles. The lowest BCUT2D eigenvalue weighted by Gasteiger charge is -2.24. The number of hydrogen-bond donors (Lipinski definition) is 1. The largest absolute Gasteiger partial charge is 0.338 e. The molecule has 0 aliphatic carbocycles. The third-order valence-corrected chi connectivity index (χ3v) is 3.02. The molecule has 4 nitrogen and oxygen atoms in total.